The lowest BCUT2D eigenvalue weighted by Gasteiger charge is -2.31. The third-order valence-corrected chi connectivity index (χ3v) is 6.74. The van der Waals surface area contributed by atoms with E-state index in [9.17, 15) is 8.42 Å². The molecule has 0 N–H and O–H groups in total. The molecule has 1 aliphatic rings. The van der Waals surface area contributed by atoms with Crippen molar-refractivity contribution in [2.75, 3.05) is 13.1 Å². The molecule has 0 spiro atoms. The van der Waals surface area contributed by atoms with Crippen molar-refractivity contribution in [3.05, 3.63) is 54.1 Å². The fourth-order valence-electron chi connectivity index (χ4n) is 3.43. The number of sulfonamides is 1. The van der Waals surface area contributed by atoms with Gasteiger partial charge >= 0.3 is 0 Å². The van der Waals surface area contributed by atoms with E-state index in [0.29, 0.717) is 30.0 Å². The molecule has 1 aromatic heterocycles. The van der Waals surface area contributed by atoms with E-state index >= 15 is 0 Å². The van der Waals surface area contributed by atoms with Crippen molar-refractivity contribution < 1.29 is 13.0 Å². The summed E-state index contributed by atoms with van der Waals surface area (Å²) < 4.78 is 32.2. The van der Waals surface area contributed by atoms with Gasteiger partial charge in [-0.1, -0.05) is 36.4 Å². The molecule has 0 aliphatic carbocycles. The number of hydrogen-bond donors (Lipinski definition) is 0. The average Bonchev–Trinajstić information content (AvgIpc) is 3.11. The Morgan fingerprint density at radius 3 is 2.52 bits per heavy atom. The molecule has 1 saturated heterocycles. The molecule has 3 aromatic rings. The normalized spacial score (nSPS) is 17.1. The van der Waals surface area contributed by atoms with Crippen LogP contribution in [-0.2, 0) is 16.4 Å². The molecule has 1 aliphatic heterocycles. The number of hydrogen-bond acceptors (Lipinski definition) is 5. The molecule has 4 rings (SSSR count). The first-order chi connectivity index (χ1) is 12.1. The molecular weight excluding hydrogens is 338 g/mol. The lowest BCUT2D eigenvalue weighted by atomic mass is 9.91. The number of aromatic nitrogens is 2. The van der Waals surface area contributed by atoms with Crippen molar-refractivity contribution in [2.24, 2.45) is 5.92 Å². The van der Waals surface area contributed by atoms with Gasteiger partial charge in [0.25, 0.3) is 0 Å². The summed E-state index contributed by atoms with van der Waals surface area (Å²) in [6.07, 6.45) is 2.72. The Labute approximate surface area is 146 Å². The Balaban J connectivity index is 1.49. The standard InChI is InChI=1S/C18H19N3O3S/c22-25(23,17-8-4-7-16-18(17)20-24-19-16)21-11-9-15(10-12-21)13-14-5-2-1-3-6-14/h1-8,15H,9-13H2. The monoisotopic (exact) mass is 357 g/mol. The van der Waals surface area contributed by atoms with Crippen molar-refractivity contribution >= 4 is 21.1 Å². The van der Waals surface area contributed by atoms with E-state index in [0.717, 1.165) is 19.3 Å². The third kappa shape index (κ3) is 3.17. The maximum atomic E-state index is 13.0. The highest BCUT2D eigenvalue weighted by molar-refractivity contribution is 7.89. The summed E-state index contributed by atoms with van der Waals surface area (Å²) in [6, 6.07) is 15.3. The largest absolute Gasteiger partial charge is 0.245 e. The summed E-state index contributed by atoms with van der Waals surface area (Å²) in [5.74, 6) is 0.512. The zero-order valence-corrected chi connectivity index (χ0v) is 14.5. The van der Waals surface area contributed by atoms with Crippen molar-refractivity contribution in [1.29, 1.82) is 0 Å². The Hall–Kier alpha value is -2.25. The minimum Gasteiger partial charge on any atom is -0.243 e. The molecule has 6 nitrogen and oxygen atoms in total. The van der Waals surface area contributed by atoms with Crippen LogP contribution in [0.1, 0.15) is 18.4 Å². The molecule has 7 heteroatoms. The van der Waals surface area contributed by atoms with Crippen LogP contribution in [0.4, 0.5) is 0 Å². The van der Waals surface area contributed by atoms with E-state index in [1.165, 1.54) is 5.56 Å². The number of benzene rings is 2. The second kappa shape index (κ2) is 6.57. The van der Waals surface area contributed by atoms with Crippen LogP contribution < -0.4 is 0 Å². The lowest BCUT2D eigenvalue weighted by molar-refractivity contribution is 0.273. The van der Waals surface area contributed by atoms with Gasteiger partial charge in [-0.15, -0.1) is 0 Å². The highest BCUT2D eigenvalue weighted by Gasteiger charge is 2.31. The minimum atomic E-state index is -3.58. The van der Waals surface area contributed by atoms with Crippen LogP contribution >= 0.6 is 0 Å². The van der Waals surface area contributed by atoms with E-state index < -0.39 is 10.0 Å². The van der Waals surface area contributed by atoms with E-state index in [1.54, 1.807) is 22.5 Å². The summed E-state index contributed by atoms with van der Waals surface area (Å²) in [6.45, 7) is 1.06. The van der Waals surface area contributed by atoms with Gasteiger partial charge in [-0.25, -0.2) is 13.0 Å². The van der Waals surface area contributed by atoms with Crippen molar-refractivity contribution in [3.8, 4) is 0 Å². The number of rotatable bonds is 4. The number of nitrogens with zero attached hydrogens (tertiary/aromatic N) is 3. The van der Waals surface area contributed by atoms with Crippen LogP contribution in [0.3, 0.4) is 0 Å². The maximum Gasteiger partial charge on any atom is 0.245 e. The molecular formula is C18H19N3O3S. The highest BCUT2D eigenvalue weighted by Crippen LogP contribution is 2.28. The van der Waals surface area contributed by atoms with Gasteiger partial charge in [-0.3, -0.25) is 0 Å². The molecule has 0 amide bonds. The van der Waals surface area contributed by atoms with Crippen LogP contribution in [-0.4, -0.2) is 36.1 Å². The minimum absolute atomic E-state index is 0.174. The van der Waals surface area contributed by atoms with Crippen molar-refractivity contribution in [2.45, 2.75) is 24.2 Å². The highest BCUT2D eigenvalue weighted by atomic mass is 32.2. The molecule has 0 bridgehead atoms. The van der Waals surface area contributed by atoms with Crippen LogP contribution in [0.15, 0.2) is 58.1 Å². The SMILES string of the molecule is O=S(=O)(c1cccc2nonc12)N1CCC(Cc2ccccc2)CC1. The van der Waals surface area contributed by atoms with Gasteiger partial charge in [-0.05, 0) is 53.2 Å². The summed E-state index contributed by atoms with van der Waals surface area (Å²) in [4.78, 5) is 0.174. The van der Waals surface area contributed by atoms with Gasteiger partial charge in [0.05, 0.1) is 0 Å². The molecule has 0 saturated carbocycles. The van der Waals surface area contributed by atoms with Gasteiger partial charge in [-0.2, -0.15) is 4.31 Å². The average molecular weight is 357 g/mol. The third-order valence-electron chi connectivity index (χ3n) is 4.81. The molecule has 2 aromatic carbocycles. The zero-order chi connectivity index (χ0) is 17.3. The second-order valence-corrected chi connectivity index (χ2v) is 8.33. The molecule has 1 fully saturated rings. The van der Waals surface area contributed by atoms with E-state index in [4.69, 9.17) is 0 Å². The van der Waals surface area contributed by atoms with Gasteiger partial charge < -0.3 is 0 Å². The Morgan fingerprint density at radius 2 is 1.76 bits per heavy atom. The summed E-state index contributed by atoms with van der Waals surface area (Å²) in [7, 11) is -3.58. The van der Waals surface area contributed by atoms with Crippen LogP contribution in [0.2, 0.25) is 0 Å². The van der Waals surface area contributed by atoms with E-state index in [2.05, 4.69) is 27.1 Å². The van der Waals surface area contributed by atoms with Crippen LogP contribution in [0.25, 0.3) is 11.0 Å². The van der Waals surface area contributed by atoms with Gasteiger partial charge in [0.2, 0.25) is 10.0 Å². The summed E-state index contributed by atoms with van der Waals surface area (Å²) >= 11 is 0. The maximum absolute atomic E-state index is 13.0. The second-order valence-electron chi connectivity index (χ2n) is 6.43. The fourth-order valence-corrected chi connectivity index (χ4v) is 5.04. The van der Waals surface area contributed by atoms with Crippen LogP contribution in [0.5, 0.6) is 0 Å². The smallest absolute Gasteiger partial charge is 0.243 e. The zero-order valence-electron chi connectivity index (χ0n) is 13.7. The molecule has 130 valence electrons. The van der Waals surface area contributed by atoms with E-state index in [1.807, 2.05) is 18.2 Å². The number of piperidine rings is 1. The predicted octanol–water partition coefficient (Wildman–Crippen LogP) is 2.87. The van der Waals surface area contributed by atoms with Crippen molar-refractivity contribution in [1.82, 2.24) is 14.6 Å². The van der Waals surface area contributed by atoms with Gasteiger partial charge in [0, 0.05) is 13.1 Å². The summed E-state index contributed by atoms with van der Waals surface area (Å²) in [5, 5.41) is 7.49. The Morgan fingerprint density at radius 1 is 1.00 bits per heavy atom. The number of fused-ring (bicyclic) bond motifs is 1. The Bertz CT molecular complexity index is 961. The molecule has 2 heterocycles. The first kappa shape index (κ1) is 16.2. The van der Waals surface area contributed by atoms with Gasteiger partial charge in [0.15, 0.2) is 5.52 Å². The summed E-state index contributed by atoms with van der Waals surface area (Å²) in [5.41, 5.74) is 2.07. The molecule has 0 radical (unpaired) electrons. The first-order valence-electron chi connectivity index (χ1n) is 8.40. The fraction of sp³-hybridized carbons (Fsp3) is 0.333. The quantitative estimate of drug-likeness (QED) is 0.718. The Kier molecular flexibility index (Phi) is 4.27. The van der Waals surface area contributed by atoms with Crippen molar-refractivity contribution in [3.63, 3.8) is 0 Å². The van der Waals surface area contributed by atoms with E-state index in [-0.39, 0.29) is 4.90 Å². The predicted molar refractivity (Wildman–Crippen MR) is 93.4 cm³/mol. The lowest BCUT2D eigenvalue weighted by Crippen LogP contribution is -2.39. The van der Waals surface area contributed by atoms with Gasteiger partial charge in [0.1, 0.15) is 10.4 Å². The van der Waals surface area contributed by atoms with Crippen LogP contribution in [0, 0.1) is 5.92 Å². The first-order valence-corrected chi connectivity index (χ1v) is 9.84. The topological polar surface area (TPSA) is 76.3 Å². The molecule has 25 heavy (non-hydrogen) atoms. The molecule has 0 atom stereocenters. The molecule has 0 unspecified atom stereocenters.